The van der Waals surface area contributed by atoms with Crippen LogP contribution in [0.25, 0.3) is 0 Å². The second-order valence-electron chi connectivity index (χ2n) is 2.11. The summed E-state index contributed by atoms with van der Waals surface area (Å²) in [5, 5.41) is 5.49. The number of carbonyl (C=O) groups excluding carboxylic acids is 1. The van der Waals surface area contributed by atoms with Crippen molar-refractivity contribution < 1.29 is 4.79 Å². The summed E-state index contributed by atoms with van der Waals surface area (Å²) >= 11 is 1.51. The van der Waals surface area contributed by atoms with E-state index in [1.54, 1.807) is 20.3 Å². The predicted molar refractivity (Wildman–Crippen MR) is 55.8 cm³/mol. The molecule has 0 spiro atoms. The molecule has 0 fully saturated rings. The minimum absolute atomic E-state index is 0.00228. The van der Waals surface area contributed by atoms with E-state index in [4.69, 9.17) is 0 Å². The molecule has 0 heterocycles. The zero-order valence-electron chi connectivity index (χ0n) is 7.39. The van der Waals surface area contributed by atoms with E-state index in [0.717, 1.165) is 0 Å². The Morgan fingerprint density at radius 1 is 1.75 bits per heavy atom. The van der Waals surface area contributed by atoms with Crippen LogP contribution < -0.4 is 10.6 Å². The van der Waals surface area contributed by atoms with E-state index in [9.17, 15) is 4.79 Å². The van der Waals surface area contributed by atoms with Crippen molar-refractivity contribution in [3.8, 4) is 0 Å². The second-order valence-corrected chi connectivity index (χ2v) is 3.01. The average Bonchev–Trinajstić information content (AvgIpc) is 2.11. The second kappa shape index (κ2) is 7.16. The van der Waals surface area contributed by atoms with Gasteiger partial charge in [0, 0.05) is 0 Å². The molecule has 0 aromatic heterocycles. The van der Waals surface area contributed by atoms with Crippen LogP contribution in [-0.2, 0) is 4.79 Å². The van der Waals surface area contributed by atoms with Crippen molar-refractivity contribution >= 4 is 29.3 Å². The van der Waals surface area contributed by atoms with E-state index in [0.29, 0.717) is 5.75 Å². The third-order valence-electron chi connectivity index (χ3n) is 1.34. The molecule has 1 atom stereocenters. The summed E-state index contributed by atoms with van der Waals surface area (Å²) in [5.74, 6) is 0.695. The molecule has 0 aromatic carbocycles. The molecule has 1 amide bonds. The van der Waals surface area contributed by atoms with E-state index in [2.05, 4.69) is 22.8 Å². The number of rotatable bonds is 5. The van der Waals surface area contributed by atoms with Gasteiger partial charge >= 0.3 is 77.2 Å². The van der Waals surface area contributed by atoms with E-state index in [1.807, 2.05) is 0 Å². The molecular formula is C7H13BN2OS. The van der Waals surface area contributed by atoms with Crippen LogP contribution in [0.5, 0.6) is 0 Å². The summed E-state index contributed by atoms with van der Waals surface area (Å²) in [7, 11) is 3.39. The molecule has 0 rings (SSSR count). The summed E-state index contributed by atoms with van der Waals surface area (Å²) in [6.45, 7) is 3.43. The molecule has 0 aliphatic heterocycles. The summed E-state index contributed by atoms with van der Waals surface area (Å²) in [5.41, 5.74) is 2.63. The van der Waals surface area contributed by atoms with Crippen molar-refractivity contribution in [2.45, 2.75) is 6.04 Å². The molecule has 3 nitrogen and oxygen atoms in total. The molecule has 1 unspecified atom stereocenters. The first-order chi connectivity index (χ1) is 5.76. The van der Waals surface area contributed by atoms with Crippen LogP contribution >= 0.6 is 11.6 Å². The van der Waals surface area contributed by atoms with Gasteiger partial charge in [0.05, 0.1) is 0 Å². The van der Waals surface area contributed by atoms with Crippen LogP contribution in [0.15, 0.2) is 6.58 Å². The number of hydrogen-bond donors (Lipinski definition) is 2. The topological polar surface area (TPSA) is 41.1 Å². The van der Waals surface area contributed by atoms with Gasteiger partial charge in [0.15, 0.2) is 0 Å². The Hall–Kier alpha value is -0.505. The monoisotopic (exact) mass is 184 g/mol. The van der Waals surface area contributed by atoms with E-state index < -0.39 is 0 Å². The van der Waals surface area contributed by atoms with Crippen LogP contribution in [-0.4, -0.2) is 43.6 Å². The zero-order chi connectivity index (χ0) is 9.40. The molecule has 0 aromatic rings. The third-order valence-corrected chi connectivity index (χ3v) is 2.20. The van der Waals surface area contributed by atoms with Crippen molar-refractivity contribution in [2.75, 3.05) is 19.8 Å². The molecule has 0 aliphatic carbocycles. The van der Waals surface area contributed by atoms with Crippen LogP contribution in [0.1, 0.15) is 0 Å². The van der Waals surface area contributed by atoms with Crippen molar-refractivity contribution in [1.29, 1.82) is 0 Å². The van der Waals surface area contributed by atoms with Gasteiger partial charge in [-0.3, -0.25) is 0 Å². The van der Waals surface area contributed by atoms with E-state index >= 15 is 0 Å². The standard InChI is InChI=1S/C7H13BN2OS/c1-4-8-12-5-6(9-2)7(11)10-3/h6,9H,1,5H2,2-3H3,(H,10,11). The van der Waals surface area contributed by atoms with Crippen molar-refractivity contribution in [3.05, 3.63) is 6.58 Å². The van der Waals surface area contributed by atoms with Gasteiger partial charge in [0.1, 0.15) is 0 Å². The molecular weight excluding hydrogens is 171 g/mol. The van der Waals surface area contributed by atoms with Gasteiger partial charge in [-0.2, -0.15) is 0 Å². The molecule has 0 radical (unpaired) electrons. The maximum absolute atomic E-state index is 11.1. The molecule has 0 saturated heterocycles. The molecule has 0 aliphatic rings. The molecule has 0 bridgehead atoms. The van der Waals surface area contributed by atoms with Crippen LogP contribution in [0.2, 0.25) is 0 Å². The fourth-order valence-electron chi connectivity index (χ4n) is 0.668. The van der Waals surface area contributed by atoms with Gasteiger partial charge < -0.3 is 0 Å². The predicted octanol–water partition coefficient (Wildman–Crippen LogP) is -0.740. The van der Waals surface area contributed by atoms with Crippen LogP contribution in [0.4, 0.5) is 0 Å². The summed E-state index contributed by atoms with van der Waals surface area (Å²) in [6, 6.07) is -0.149. The van der Waals surface area contributed by atoms with Gasteiger partial charge in [-0.25, -0.2) is 0 Å². The molecule has 66 valence electrons. The zero-order valence-corrected chi connectivity index (χ0v) is 8.20. The van der Waals surface area contributed by atoms with Gasteiger partial charge in [0.25, 0.3) is 0 Å². The Kier molecular flexibility index (Phi) is 6.86. The fourth-order valence-corrected chi connectivity index (χ4v) is 1.39. The minimum atomic E-state index is -0.149. The van der Waals surface area contributed by atoms with Crippen LogP contribution in [0, 0.1) is 0 Å². The Balaban J connectivity index is 3.82. The summed E-state index contributed by atoms with van der Waals surface area (Å²) in [4.78, 5) is 11.1. The van der Waals surface area contributed by atoms with Gasteiger partial charge in [-0.15, -0.1) is 0 Å². The number of likely N-dealkylation sites (N-methyl/N-ethyl adjacent to an activating group) is 2. The molecule has 2 N–H and O–H groups in total. The van der Waals surface area contributed by atoms with Crippen LogP contribution in [0.3, 0.4) is 0 Å². The first-order valence-corrected chi connectivity index (χ1v) is 4.66. The van der Waals surface area contributed by atoms with Crippen molar-refractivity contribution in [3.63, 3.8) is 0 Å². The summed E-state index contributed by atoms with van der Waals surface area (Å²) < 4.78 is 0. The quantitative estimate of drug-likeness (QED) is 0.553. The molecule has 12 heavy (non-hydrogen) atoms. The number of amides is 1. The Bertz CT molecular complexity index is 192. The van der Waals surface area contributed by atoms with Crippen molar-refractivity contribution in [2.24, 2.45) is 0 Å². The van der Waals surface area contributed by atoms with E-state index in [-0.39, 0.29) is 11.9 Å². The Morgan fingerprint density at radius 3 is 2.83 bits per heavy atom. The SMILES string of the molecule is C=C=BSCC(NC)C(=O)NC. The Morgan fingerprint density at radius 2 is 2.42 bits per heavy atom. The third kappa shape index (κ3) is 4.39. The summed E-state index contributed by atoms with van der Waals surface area (Å²) in [6.07, 6.45) is 1.74. The van der Waals surface area contributed by atoms with Gasteiger partial charge in [-0.1, -0.05) is 0 Å². The maximum atomic E-state index is 11.1. The number of hydrogen-bond acceptors (Lipinski definition) is 3. The first-order valence-electron chi connectivity index (χ1n) is 3.61. The molecule has 0 saturated carbocycles. The van der Waals surface area contributed by atoms with Gasteiger partial charge in [-0.05, 0) is 0 Å². The van der Waals surface area contributed by atoms with Crippen molar-refractivity contribution in [1.82, 2.24) is 10.6 Å². The Labute approximate surface area is 77.8 Å². The van der Waals surface area contributed by atoms with E-state index in [1.165, 1.54) is 11.6 Å². The number of carbonyl (C=O) groups is 1. The molecule has 5 heteroatoms. The number of nitrogens with one attached hydrogen (secondary N) is 2. The first kappa shape index (κ1) is 11.5. The fraction of sp³-hybridized carbons (Fsp3) is 0.571. The van der Waals surface area contributed by atoms with Gasteiger partial charge in [0.2, 0.25) is 0 Å². The normalized spacial score (nSPS) is 11.2. The average molecular weight is 184 g/mol.